The number of hydrogen-bond donors (Lipinski definition) is 1. The number of carbonyl (C=O) groups excluding carboxylic acids is 1. The summed E-state index contributed by atoms with van der Waals surface area (Å²) in [7, 11) is -0.275. The van der Waals surface area contributed by atoms with E-state index in [0.29, 0.717) is 36.4 Å². The monoisotopic (exact) mass is 410 g/mol. The third-order valence-electron chi connectivity index (χ3n) is 4.51. The molecule has 0 aliphatic carbocycles. The van der Waals surface area contributed by atoms with Crippen LogP contribution in [0.15, 0.2) is 22.6 Å². The number of ether oxygens (including phenoxy) is 2. The van der Waals surface area contributed by atoms with Gasteiger partial charge in [-0.1, -0.05) is 5.10 Å². The third-order valence-corrected chi connectivity index (χ3v) is 5.78. The van der Waals surface area contributed by atoms with Crippen LogP contribution in [0.1, 0.15) is 12.8 Å². The summed E-state index contributed by atoms with van der Waals surface area (Å²) in [4.78, 5) is 12.5. The van der Waals surface area contributed by atoms with Gasteiger partial charge in [-0.15, -0.1) is 5.10 Å². The Hall–Kier alpha value is -2.66. The van der Waals surface area contributed by atoms with Gasteiger partial charge in [0.05, 0.1) is 26.4 Å². The lowest BCUT2D eigenvalue weighted by Crippen LogP contribution is -2.43. The maximum atomic E-state index is 12.5. The van der Waals surface area contributed by atoms with Gasteiger partial charge in [0.1, 0.15) is 0 Å². The van der Waals surface area contributed by atoms with Crippen LogP contribution in [0.2, 0.25) is 0 Å². The molecule has 1 atom stereocenters. The number of methoxy groups -OCH3 is 2. The largest absolute Gasteiger partial charge is 0.493 e. The summed E-state index contributed by atoms with van der Waals surface area (Å²) < 4.78 is 40.7. The molecule has 1 aromatic heterocycles. The fourth-order valence-corrected chi connectivity index (χ4v) is 3.94. The predicted molar refractivity (Wildman–Crippen MR) is 101 cm³/mol. The van der Waals surface area contributed by atoms with Gasteiger partial charge < -0.3 is 13.9 Å². The minimum absolute atomic E-state index is 0.0498. The van der Waals surface area contributed by atoms with Crippen molar-refractivity contribution in [1.82, 2.24) is 14.5 Å². The zero-order valence-corrected chi connectivity index (χ0v) is 16.7. The van der Waals surface area contributed by atoms with Crippen molar-refractivity contribution in [3.8, 4) is 23.0 Å². The van der Waals surface area contributed by atoms with Gasteiger partial charge in [0.15, 0.2) is 11.5 Å². The summed E-state index contributed by atoms with van der Waals surface area (Å²) in [5.74, 6) is 0.451. The van der Waals surface area contributed by atoms with Crippen LogP contribution in [0.4, 0.5) is 6.01 Å². The van der Waals surface area contributed by atoms with Gasteiger partial charge in [-0.25, -0.2) is 12.7 Å². The molecular weight excluding hydrogens is 388 g/mol. The molecule has 2 aromatic rings. The average molecular weight is 410 g/mol. The zero-order valence-electron chi connectivity index (χ0n) is 15.8. The van der Waals surface area contributed by atoms with E-state index in [0.717, 1.165) is 6.26 Å². The Labute approximate surface area is 162 Å². The summed E-state index contributed by atoms with van der Waals surface area (Å²) in [6.07, 6.45) is 2.35. The molecule has 1 amide bonds. The van der Waals surface area contributed by atoms with Gasteiger partial charge >= 0.3 is 6.01 Å². The van der Waals surface area contributed by atoms with Crippen molar-refractivity contribution in [3.05, 3.63) is 18.2 Å². The highest BCUT2D eigenvalue weighted by molar-refractivity contribution is 7.88. The minimum Gasteiger partial charge on any atom is -0.493 e. The Morgan fingerprint density at radius 1 is 1.25 bits per heavy atom. The van der Waals surface area contributed by atoms with E-state index >= 15 is 0 Å². The molecule has 10 nitrogen and oxygen atoms in total. The molecule has 1 aromatic carbocycles. The van der Waals surface area contributed by atoms with Crippen molar-refractivity contribution in [2.24, 2.45) is 5.92 Å². The van der Waals surface area contributed by atoms with Crippen LogP contribution in [-0.4, -0.2) is 62.4 Å². The van der Waals surface area contributed by atoms with Gasteiger partial charge in [-0.05, 0) is 31.0 Å². The fourth-order valence-electron chi connectivity index (χ4n) is 3.02. The summed E-state index contributed by atoms with van der Waals surface area (Å²) in [5.41, 5.74) is 0.603. The maximum Gasteiger partial charge on any atom is 0.322 e. The predicted octanol–water partition coefficient (Wildman–Crippen LogP) is 1.36. The van der Waals surface area contributed by atoms with Crippen LogP contribution in [0.5, 0.6) is 11.5 Å². The highest BCUT2D eigenvalue weighted by Crippen LogP contribution is 2.32. The van der Waals surface area contributed by atoms with E-state index in [1.165, 1.54) is 18.5 Å². The lowest BCUT2D eigenvalue weighted by atomic mass is 9.99. The van der Waals surface area contributed by atoms with Gasteiger partial charge in [-0.2, -0.15) is 0 Å². The maximum absolute atomic E-state index is 12.5. The van der Waals surface area contributed by atoms with Crippen LogP contribution in [0.3, 0.4) is 0 Å². The number of rotatable bonds is 6. The van der Waals surface area contributed by atoms with E-state index in [9.17, 15) is 13.2 Å². The second-order valence-corrected chi connectivity index (χ2v) is 8.41. The number of benzene rings is 1. The Morgan fingerprint density at radius 3 is 2.68 bits per heavy atom. The molecule has 0 bridgehead atoms. The lowest BCUT2D eigenvalue weighted by molar-refractivity contribution is -0.121. The average Bonchev–Trinajstić information content (AvgIpc) is 3.15. The Morgan fingerprint density at radius 2 is 2.00 bits per heavy atom. The molecule has 1 N–H and O–H groups in total. The first-order valence-electron chi connectivity index (χ1n) is 8.63. The van der Waals surface area contributed by atoms with Gasteiger partial charge in [0, 0.05) is 18.7 Å². The Bertz CT molecular complexity index is 958. The van der Waals surface area contributed by atoms with Crippen LogP contribution in [0, 0.1) is 5.92 Å². The first-order chi connectivity index (χ1) is 13.3. The van der Waals surface area contributed by atoms with Crippen molar-refractivity contribution in [3.63, 3.8) is 0 Å². The fraction of sp³-hybridized carbons (Fsp3) is 0.471. The van der Waals surface area contributed by atoms with Gasteiger partial charge in [-0.3, -0.25) is 10.1 Å². The van der Waals surface area contributed by atoms with Gasteiger partial charge in [0.2, 0.25) is 21.8 Å². The van der Waals surface area contributed by atoms with Crippen LogP contribution in [0.25, 0.3) is 11.5 Å². The van der Waals surface area contributed by atoms with E-state index in [1.807, 2.05) is 0 Å². The number of nitrogens with one attached hydrogen (secondary N) is 1. The molecule has 1 fully saturated rings. The van der Waals surface area contributed by atoms with Gasteiger partial charge in [0.25, 0.3) is 0 Å². The summed E-state index contributed by atoms with van der Waals surface area (Å²) in [6.45, 7) is 0.563. The molecule has 28 heavy (non-hydrogen) atoms. The molecule has 11 heteroatoms. The van der Waals surface area contributed by atoms with E-state index in [1.54, 1.807) is 18.2 Å². The van der Waals surface area contributed by atoms with E-state index in [4.69, 9.17) is 13.9 Å². The number of aromatic nitrogens is 2. The van der Waals surface area contributed by atoms with Crippen molar-refractivity contribution in [1.29, 1.82) is 0 Å². The number of hydrogen-bond acceptors (Lipinski definition) is 8. The van der Waals surface area contributed by atoms with Crippen molar-refractivity contribution >= 4 is 21.9 Å². The second kappa shape index (κ2) is 8.15. The number of sulfonamides is 1. The molecule has 0 radical (unpaired) electrons. The molecule has 0 saturated carbocycles. The number of nitrogens with zero attached hydrogens (tertiary/aromatic N) is 3. The highest BCUT2D eigenvalue weighted by atomic mass is 32.2. The van der Waals surface area contributed by atoms with Crippen molar-refractivity contribution in [2.45, 2.75) is 12.8 Å². The zero-order chi connectivity index (χ0) is 20.3. The normalized spacial score (nSPS) is 17.9. The van der Waals surface area contributed by atoms with Crippen LogP contribution < -0.4 is 14.8 Å². The Kier molecular flexibility index (Phi) is 5.84. The second-order valence-electron chi connectivity index (χ2n) is 6.43. The summed E-state index contributed by atoms with van der Waals surface area (Å²) >= 11 is 0. The molecule has 1 unspecified atom stereocenters. The highest BCUT2D eigenvalue weighted by Gasteiger charge is 2.31. The molecular formula is C17H22N4O6S. The molecule has 1 saturated heterocycles. The van der Waals surface area contributed by atoms with Crippen molar-refractivity contribution < 1.29 is 27.1 Å². The smallest absolute Gasteiger partial charge is 0.322 e. The molecule has 0 spiro atoms. The molecule has 1 aliphatic heterocycles. The SMILES string of the molecule is COc1ccc(-c2nnc(NC(=O)C3CCCN(S(C)(=O)=O)C3)o2)cc1OC. The van der Waals surface area contributed by atoms with Crippen molar-refractivity contribution in [2.75, 3.05) is 38.9 Å². The number of amides is 1. The topological polar surface area (TPSA) is 124 Å². The number of piperidine rings is 1. The number of anilines is 1. The molecule has 152 valence electrons. The molecule has 1 aliphatic rings. The summed E-state index contributed by atoms with van der Waals surface area (Å²) in [6, 6.07) is 5.07. The van der Waals surface area contributed by atoms with E-state index < -0.39 is 15.9 Å². The lowest BCUT2D eigenvalue weighted by Gasteiger charge is -2.29. The Balaban J connectivity index is 1.70. The quantitative estimate of drug-likeness (QED) is 0.757. The van der Waals surface area contributed by atoms with Crippen LogP contribution in [-0.2, 0) is 14.8 Å². The molecule has 3 rings (SSSR count). The van der Waals surface area contributed by atoms with E-state index in [-0.39, 0.29) is 24.4 Å². The third kappa shape index (κ3) is 4.42. The first kappa shape index (κ1) is 20.1. The van der Waals surface area contributed by atoms with Crippen LogP contribution >= 0.6 is 0 Å². The standard InChI is InChI=1S/C17H22N4O6S/c1-25-13-7-6-11(9-14(13)26-2)16-19-20-17(27-16)18-15(22)12-5-4-8-21(10-12)28(3,23)24/h6-7,9,12H,4-5,8,10H2,1-3H3,(H,18,20,22). The number of carbonyl (C=O) groups is 1. The molecule has 2 heterocycles. The first-order valence-corrected chi connectivity index (χ1v) is 10.5. The summed E-state index contributed by atoms with van der Waals surface area (Å²) in [5, 5.41) is 10.3. The van der Waals surface area contributed by atoms with E-state index in [2.05, 4.69) is 15.5 Å². The minimum atomic E-state index is -3.33.